The lowest BCUT2D eigenvalue weighted by molar-refractivity contribution is -0.133. The van der Waals surface area contributed by atoms with E-state index >= 15 is 4.39 Å². The van der Waals surface area contributed by atoms with Crippen LogP contribution in [0.25, 0.3) is 32.9 Å². The van der Waals surface area contributed by atoms with E-state index in [2.05, 4.69) is 22.0 Å². The van der Waals surface area contributed by atoms with Crippen molar-refractivity contribution in [2.45, 2.75) is 76.3 Å². The normalized spacial score (nSPS) is 23.3. The molecule has 0 radical (unpaired) electrons. The molecule has 10 rings (SSSR count). The third-order valence-electron chi connectivity index (χ3n) is 11.6. The minimum absolute atomic E-state index is 0.0438. The molecule has 1 N–H and O–H groups in total. The van der Waals surface area contributed by atoms with Crippen LogP contribution in [0.2, 0.25) is 10.0 Å². The Morgan fingerprint density at radius 2 is 1.89 bits per heavy atom. The smallest absolute Gasteiger partial charge is 0.387 e. The van der Waals surface area contributed by atoms with Crippen LogP contribution in [0.4, 0.5) is 13.2 Å². The minimum atomic E-state index is -3.02. The summed E-state index contributed by atoms with van der Waals surface area (Å²) in [6.07, 6.45) is 2.99. The number of hydrogen-bond donors (Lipinski definition) is 1. The lowest BCUT2D eigenvalue weighted by atomic mass is 9.79. The van der Waals surface area contributed by atoms with Crippen molar-refractivity contribution in [1.29, 1.82) is 5.26 Å². The number of hydrogen-bond acceptors (Lipinski definition) is 6. The van der Waals surface area contributed by atoms with Gasteiger partial charge in [-0.2, -0.15) is 14.0 Å². The van der Waals surface area contributed by atoms with Gasteiger partial charge in [0.25, 0.3) is 0 Å². The number of halogens is 5. The maximum Gasteiger partial charge on any atom is 0.387 e. The van der Waals surface area contributed by atoms with Crippen molar-refractivity contribution < 1.29 is 27.4 Å². The van der Waals surface area contributed by atoms with Crippen LogP contribution in [-0.2, 0) is 11.2 Å². The molecule has 5 atom stereocenters. The van der Waals surface area contributed by atoms with Gasteiger partial charge in [-0.05, 0) is 74.4 Å². The summed E-state index contributed by atoms with van der Waals surface area (Å²) in [7, 11) is 0. The van der Waals surface area contributed by atoms with Crippen molar-refractivity contribution in [1.82, 2.24) is 19.8 Å². The van der Waals surface area contributed by atoms with Crippen molar-refractivity contribution in [2.24, 2.45) is 11.8 Å². The van der Waals surface area contributed by atoms with Crippen LogP contribution >= 0.6 is 23.2 Å². The molecule has 3 aliphatic heterocycles. The Morgan fingerprint density at radius 1 is 1.09 bits per heavy atom. The fourth-order valence-electron chi connectivity index (χ4n) is 8.99. The Hall–Kier alpha value is -4.50. The fourth-order valence-corrected chi connectivity index (χ4v) is 9.39. The largest absolute Gasteiger partial charge is 0.485 e. The van der Waals surface area contributed by atoms with Gasteiger partial charge in [0.2, 0.25) is 5.91 Å². The summed E-state index contributed by atoms with van der Waals surface area (Å²) in [6.45, 7) is -0.0320. The summed E-state index contributed by atoms with van der Waals surface area (Å²) in [4.78, 5) is 20.8. The van der Waals surface area contributed by atoms with E-state index < -0.39 is 24.6 Å². The number of para-hydroxylation sites is 2. The van der Waals surface area contributed by atoms with Gasteiger partial charge in [-0.25, -0.2) is 9.37 Å². The zero-order valence-electron chi connectivity index (χ0n) is 29.3. The number of nitriles is 1. The molecule has 2 bridgehead atoms. The SMILES string of the molecule is Cc1nc2c(F)c(-c3cccc(Cl)c3Cl)c(CCC#N)cc2c2c1cc([C@H]1C[C@H](Oc3ccccc3OC(F)F)CN1C(=O)C1CC1)n2[C@H]1[C@H]2CN[C@@H]1C2. The number of fused-ring (bicyclic) bond motifs is 4. The summed E-state index contributed by atoms with van der Waals surface area (Å²) >= 11 is 13.1. The summed E-state index contributed by atoms with van der Waals surface area (Å²) in [5.41, 5.74) is 3.87. The quantitative estimate of drug-likeness (QED) is 0.152. The van der Waals surface area contributed by atoms with Crippen molar-refractivity contribution in [2.75, 3.05) is 13.1 Å². The van der Waals surface area contributed by atoms with Crippen LogP contribution in [0.15, 0.2) is 54.6 Å². The summed E-state index contributed by atoms with van der Waals surface area (Å²) in [6, 6.07) is 17.5. The second-order valence-electron chi connectivity index (χ2n) is 14.9. The Labute approximate surface area is 319 Å². The predicted molar refractivity (Wildman–Crippen MR) is 200 cm³/mol. The zero-order valence-corrected chi connectivity index (χ0v) is 30.8. The summed E-state index contributed by atoms with van der Waals surface area (Å²) in [5, 5.41) is 15.2. The van der Waals surface area contributed by atoms with Crippen LogP contribution in [-0.4, -0.2) is 52.2 Å². The molecule has 5 aromatic rings. The molecule has 8 nitrogen and oxygen atoms in total. The highest BCUT2D eigenvalue weighted by molar-refractivity contribution is 6.43. The minimum Gasteiger partial charge on any atom is -0.485 e. The van der Waals surface area contributed by atoms with Crippen LogP contribution in [0, 0.1) is 35.9 Å². The van der Waals surface area contributed by atoms with Gasteiger partial charge in [-0.1, -0.05) is 47.5 Å². The number of carbonyl (C=O) groups excluding carboxylic acids is 1. The molecule has 1 amide bonds. The van der Waals surface area contributed by atoms with E-state index in [-0.39, 0.29) is 70.9 Å². The zero-order chi connectivity index (χ0) is 37.4. The number of nitrogens with zero attached hydrogens (tertiary/aromatic N) is 4. The number of alkyl halides is 2. The molecule has 2 saturated carbocycles. The lowest BCUT2D eigenvalue weighted by Crippen LogP contribution is -2.41. The number of pyridine rings is 1. The monoisotopic (exact) mass is 773 g/mol. The van der Waals surface area contributed by atoms with E-state index in [1.165, 1.54) is 6.07 Å². The number of amides is 1. The predicted octanol–water partition coefficient (Wildman–Crippen LogP) is 9.33. The second kappa shape index (κ2) is 13.7. The summed E-state index contributed by atoms with van der Waals surface area (Å²) in [5.74, 6) is -0.114. The van der Waals surface area contributed by atoms with Crippen LogP contribution in [0.5, 0.6) is 11.5 Å². The molecule has 5 fully saturated rings. The van der Waals surface area contributed by atoms with E-state index in [1.54, 1.807) is 36.4 Å². The van der Waals surface area contributed by atoms with Gasteiger partial charge in [0, 0.05) is 64.6 Å². The van der Waals surface area contributed by atoms with E-state index in [0.717, 1.165) is 42.4 Å². The molecule has 54 heavy (non-hydrogen) atoms. The van der Waals surface area contributed by atoms with E-state index in [4.69, 9.17) is 37.7 Å². The number of benzene rings is 3. The molecule has 2 aromatic heterocycles. The molecule has 5 heterocycles. The lowest BCUT2D eigenvalue weighted by Gasteiger charge is -2.39. The highest BCUT2D eigenvalue weighted by atomic mass is 35.5. The standard InChI is InChI=1S/C41H36Cl2F3N5O3/c1-20-26-17-31(30-16-24(19-50(30)40(52)21-11-12-21)53-32-9-2-3-10-33(32)54-41(45)46)51(38-23-15-29(38)48-18-23)39(26)27-14-22(6-5-13-47)34(36(44)37(27)49-20)25-7-4-8-28(42)35(25)43/h2-4,7-10,14,17,21,23-24,29-30,38,41,48H,5-6,11-12,15-16,18-19H2,1H3/t23-,24+,29-,30-,38+/m1/s1. The Morgan fingerprint density at radius 3 is 2.59 bits per heavy atom. The maximum absolute atomic E-state index is 17.2. The number of likely N-dealkylation sites (tertiary alicyclic amines) is 1. The number of rotatable bonds is 10. The van der Waals surface area contributed by atoms with Gasteiger partial charge >= 0.3 is 6.61 Å². The van der Waals surface area contributed by atoms with E-state index in [0.29, 0.717) is 39.6 Å². The number of ether oxygens (including phenoxy) is 2. The Bertz CT molecular complexity index is 2360. The van der Waals surface area contributed by atoms with Crippen molar-refractivity contribution in [3.8, 4) is 28.7 Å². The molecule has 278 valence electrons. The molecular formula is C41H36Cl2F3N5O3. The molecule has 0 spiro atoms. The number of nitrogens with one attached hydrogen (secondary N) is 1. The molecule has 13 heteroatoms. The first-order valence-electron chi connectivity index (χ1n) is 18.3. The van der Waals surface area contributed by atoms with Crippen LogP contribution < -0.4 is 14.8 Å². The molecule has 0 unspecified atom stereocenters. The first kappa shape index (κ1) is 35.2. The Balaban J connectivity index is 1.23. The van der Waals surface area contributed by atoms with E-state index in [9.17, 15) is 18.8 Å². The second-order valence-corrected chi connectivity index (χ2v) is 15.6. The van der Waals surface area contributed by atoms with Gasteiger partial charge in [0.05, 0.1) is 40.3 Å². The molecular weight excluding hydrogens is 738 g/mol. The number of carbonyl (C=O) groups is 1. The number of aryl methyl sites for hydroxylation is 2. The highest BCUT2D eigenvalue weighted by Gasteiger charge is 2.51. The van der Waals surface area contributed by atoms with Crippen LogP contribution in [0.3, 0.4) is 0 Å². The van der Waals surface area contributed by atoms with Gasteiger partial charge < -0.3 is 24.3 Å². The molecule has 5 aliphatic rings. The maximum atomic E-state index is 17.2. The molecule has 3 aromatic carbocycles. The van der Waals surface area contributed by atoms with Gasteiger partial charge in [0.15, 0.2) is 17.3 Å². The van der Waals surface area contributed by atoms with Crippen molar-refractivity contribution in [3.05, 3.63) is 87.4 Å². The molecule has 3 saturated heterocycles. The average Bonchev–Trinajstić information content (AvgIpc) is 3.43. The topological polar surface area (TPSA) is 92.4 Å². The average molecular weight is 775 g/mol. The fraction of sp³-hybridized carbons (Fsp3) is 0.390. The van der Waals surface area contributed by atoms with Crippen molar-refractivity contribution in [3.63, 3.8) is 0 Å². The van der Waals surface area contributed by atoms with Gasteiger partial charge in [-0.15, -0.1) is 0 Å². The molecule has 2 aliphatic carbocycles. The van der Waals surface area contributed by atoms with Crippen LogP contribution in [0.1, 0.15) is 61.1 Å². The third-order valence-corrected chi connectivity index (χ3v) is 12.4. The Kier molecular flexibility index (Phi) is 8.91. The van der Waals surface area contributed by atoms with Gasteiger partial charge in [0.1, 0.15) is 11.6 Å². The highest BCUT2D eigenvalue weighted by Crippen LogP contribution is 2.51. The summed E-state index contributed by atoms with van der Waals surface area (Å²) < 4.78 is 57.2. The number of aromatic nitrogens is 2. The first-order chi connectivity index (χ1) is 26.1. The van der Waals surface area contributed by atoms with Gasteiger partial charge in [-0.3, -0.25) is 4.79 Å². The van der Waals surface area contributed by atoms with E-state index in [1.807, 2.05) is 17.9 Å². The third kappa shape index (κ3) is 5.85. The first-order valence-corrected chi connectivity index (χ1v) is 19.1. The van der Waals surface area contributed by atoms with Crippen molar-refractivity contribution >= 4 is 50.9 Å².